The van der Waals surface area contributed by atoms with E-state index in [0.717, 1.165) is 12.4 Å². The van der Waals surface area contributed by atoms with Gasteiger partial charge in [-0.1, -0.05) is 0 Å². The Hall–Kier alpha value is -2.34. The number of hydrogen-bond acceptors (Lipinski definition) is 1. The van der Waals surface area contributed by atoms with Crippen LogP contribution in [0.1, 0.15) is 49.9 Å². The Bertz CT molecular complexity index is 2260. The molecular weight excluding hydrogens is 526 g/mol. The number of benzene rings is 4. The molecule has 7 aliphatic rings. The van der Waals surface area contributed by atoms with Crippen LogP contribution in [0.5, 0.6) is 0 Å². The summed E-state index contributed by atoms with van der Waals surface area (Å²) in [6.45, 7) is 15.7. The summed E-state index contributed by atoms with van der Waals surface area (Å²) in [7, 11) is 2.40. The van der Waals surface area contributed by atoms with Crippen molar-refractivity contribution in [2.75, 3.05) is 0 Å². The molecule has 0 spiro atoms. The van der Waals surface area contributed by atoms with E-state index in [9.17, 15) is 0 Å². The zero-order chi connectivity index (χ0) is 27.0. The fourth-order valence-electron chi connectivity index (χ4n) is 9.85. The number of nitrogens with zero attached hydrogens (tertiary/aromatic N) is 2. The third-order valence-electron chi connectivity index (χ3n) is 12.2. The fraction of sp³-hybridized carbons (Fsp3) is 0.200. The maximum atomic E-state index is 5.95. The fourth-order valence-corrected chi connectivity index (χ4v) is 19.4. The third-order valence-corrected chi connectivity index (χ3v) is 20.7. The van der Waals surface area contributed by atoms with Crippen LogP contribution in [0.3, 0.4) is 0 Å². The van der Waals surface area contributed by atoms with Gasteiger partial charge >= 0.3 is 246 Å². The van der Waals surface area contributed by atoms with E-state index in [-0.39, 0.29) is 25.0 Å². The van der Waals surface area contributed by atoms with E-state index >= 15 is 0 Å². The molecule has 4 fully saturated rings. The first-order valence-electron chi connectivity index (χ1n) is 15.3. The van der Waals surface area contributed by atoms with Gasteiger partial charge in [-0.3, -0.25) is 0 Å². The first-order valence-corrected chi connectivity index (χ1v) is 19.1. The van der Waals surface area contributed by atoms with E-state index in [2.05, 4.69) is 120 Å². The second kappa shape index (κ2) is 6.03. The van der Waals surface area contributed by atoms with E-state index < -0.39 is 6.39 Å². The summed E-state index contributed by atoms with van der Waals surface area (Å²) in [5, 5.41) is 4.47. The Morgan fingerprint density at radius 2 is 1.51 bits per heavy atom. The zero-order valence-electron chi connectivity index (χ0n) is 23.7. The Balaban J connectivity index is 1.35. The summed E-state index contributed by atoms with van der Waals surface area (Å²) in [5.41, 5.74) is 15.0. The van der Waals surface area contributed by atoms with Crippen molar-refractivity contribution in [3.05, 3.63) is 89.0 Å². The molecule has 5 aromatic rings. The molecule has 41 heavy (non-hydrogen) atoms. The van der Waals surface area contributed by atoms with Crippen LogP contribution >= 0.6 is 13.9 Å². The van der Waals surface area contributed by atoms with Crippen molar-refractivity contribution in [3.63, 3.8) is 0 Å². The topological polar surface area (TPSA) is 17.3 Å². The van der Waals surface area contributed by atoms with Gasteiger partial charge in [0.05, 0.1) is 0 Å². The van der Waals surface area contributed by atoms with Gasteiger partial charge in [-0.05, 0) is 0 Å². The molecule has 0 amide bonds. The molecule has 185 valence electrons. The third kappa shape index (κ3) is 2.11. The Labute approximate surface area is 245 Å². The molecule has 4 saturated heterocycles. The van der Waals surface area contributed by atoms with Crippen molar-refractivity contribution in [3.8, 4) is 5.69 Å². The predicted octanol–water partition coefficient (Wildman–Crippen LogP) is 3.69. The first-order chi connectivity index (χ1) is 19.8. The maximum absolute atomic E-state index is 5.95. The molecule has 0 saturated carbocycles. The van der Waals surface area contributed by atoms with Gasteiger partial charge in [-0.25, -0.2) is 0 Å². The monoisotopic (exact) mass is 550 g/mol. The second-order valence-corrected chi connectivity index (χ2v) is 21.7. The van der Waals surface area contributed by atoms with Gasteiger partial charge in [0, 0.05) is 0 Å². The van der Waals surface area contributed by atoms with Gasteiger partial charge in [0.2, 0.25) is 0 Å². The van der Waals surface area contributed by atoms with Crippen LogP contribution in [0.2, 0.25) is 0 Å². The van der Waals surface area contributed by atoms with E-state index in [1.54, 1.807) is 27.3 Å². The number of hydrogen-bond donors (Lipinski definition) is 0. The van der Waals surface area contributed by atoms with E-state index in [1.165, 1.54) is 44.2 Å². The van der Waals surface area contributed by atoms with Gasteiger partial charge in [0.25, 0.3) is 0 Å². The summed E-state index contributed by atoms with van der Waals surface area (Å²) < 4.78 is 8.60. The van der Waals surface area contributed by atoms with Crippen molar-refractivity contribution >= 4 is 104 Å². The molecule has 11 heteroatoms. The Kier molecular flexibility index (Phi) is 3.27. The van der Waals surface area contributed by atoms with Crippen LogP contribution < -0.4 is 21.7 Å². The molecule has 2 nitrogen and oxygen atoms in total. The van der Waals surface area contributed by atoms with Crippen molar-refractivity contribution < 1.29 is 0 Å². The molecular formula is C30H23B7N2P2-. The first kappa shape index (κ1) is 22.2. The van der Waals surface area contributed by atoms with Gasteiger partial charge in [-0.2, -0.15) is 0 Å². The number of fused-ring (bicyclic) bond motifs is 6. The van der Waals surface area contributed by atoms with Crippen molar-refractivity contribution in [2.45, 2.75) is 38.5 Å². The van der Waals surface area contributed by atoms with Gasteiger partial charge < -0.3 is 0 Å². The average Bonchev–Trinajstić information content (AvgIpc) is 3.87. The molecule has 1 aromatic heterocycles. The summed E-state index contributed by atoms with van der Waals surface area (Å²) in [4.78, 5) is 0. The second-order valence-electron chi connectivity index (χ2n) is 14.8. The predicted molar refractivity (Wildman–Crippen MR) is 187 cm³/mol. The minimum absolute atomic E-state index is 0.0484. The van der Waals surface area contributed by atoms with Crippen molar-refractivity contribution in [2.24, 2.45) is 4.52 Å². The summed E-state index contributed by atoms with van der Waals surface area (Å²) in [6.07, 6.45) is -0.0891. The van der Waals surface area contributed by atoms with Crippen LogP contribution in [0.25, 0.3) is 27.5 Å². The minimum atomic E-state index is -2.41. The Morgan fingerprint density at radius 3 is 2.22 bits per heavy atom. The van der Waals surface area contributed by atoms with E-state index in [0.29, 0.717) is 6.21 Å². The van der Waals surface area contributed by atoms with Crippen molar-refractivity contribution in [1.82, 2.24) is 4.57 Å². The number of para-hydroxylation sites is 1. The number of rotatable bonds is 2. The SMILES string of the molecule is CC1(C)c2cccc3c2B2c4c1cccc4C(C)(C)c1c(P45(N=[P+]6B7[B-]B76)[B]B4[B-]5)cc4c5ccccc5n-3c4c12. The Morgan fingerprint density at radius 1 is 0.829 bits per heavy atom. The molecule has 4 aromatic carbocycles. The summed E-state index contributed by atoms with van der Waals surface area (Å²) >= 11 is 0. The molecule has 7 aliphatic heterocycles. The van der Waals surface area contributed by atoms with Crippen LogP contribution in [0, 0.1) is 0 Å². The normalized spacial score (nSPS) is 24.3. The van der Waals surface area contributed by atoms with Crippen LogP contribution in [0.15, 0.2) is 71.2 Å². The van der Waals surface area contributed by atoms with Crippen LogP contribution in [0.4, 0.5) is 0 Å². The standard InChI is InChI=1S/C30H23B7N2P2/c1-29(2)18-10-7-11-19-25(18)34-26-20(29)12-8-14-22(26)39-21-13-6-5-9-16(21)17-15-23(24(30(19,3)4)27(34)28(17)39)41(32-35(41)33-41)38-40-36-31-37(36)40/h5-15H,1-4H3/q-1. The van der Waals surface area contributed by atoms with E-state index in [1.807, 2.05) is 0 Å². The van der Waals surface area contributed by atoms with Crippen molar-refractivity contribution in [1.29, 1.82) is 0 Å². The summed E-state index contributed by atoms with van der Waals surface area (Å²) in [5.74, 6) is 0. The summed E-state index contributed by atoms with van der Waals surface area (Å²) in [6, 6.07) is 26.2. The average molecular weight is 549 g/mol. The molecule has 0 N–H and O–H groups in total. The molecule has 0 bridgehead atoms. The molecule has 0 unspecified atom stereocenters. The van der Waals surface area contributed by atoms with Crippen LogP contribution in [-0.2, 0) is 10.8 Å². The molecule has 0 aliphatic carbocycles. The number of aromatic nitrogens is 1. The van der Waals surface area contributed by atoms with Gasteiger partial charge in [0.1, 0.15) is 0 Å². The molecule has 0 atom stereocenters. The zero-order valence-corrected chi connectivity index (χ0v) is 25.5. The quantitative estimate of drug-likeness (QED) is 0.232. The van der Waals surface area contributed by atoms with Gasteiger partial charge in [0.15, 0.2) is 0 Å². The molecule has 8 heterocycles. The molecule has 5 radical (unpaired) electrons. The molecule has 12 rings (SSSR count). The van der Waals surface area contributed by atoms with Crippen LogP contribution in [-0.4, -0.2) is 50.8 Å². The van der Waals surface area contributed by atoms with E-state index in [4.69, 9.17) is 4.52 Å². The van der Waals surface area contributed by atoms with Gasteiger partial charge in [-0.15, -0.1) is 0 Å².